The molecule has 1 amide bonds. The Labute approximate surface area is 184 Å². The Hall–Kier alpha value is -3.29. The minimum absolute atomic E-state index is 0.224. The maximum atomic E-state index is 12.7. The molecule has 2 aromatic heterocycles. The van der Waals surface area contributed by atoms with Crippen LogP contribution in [0.2, 0.25) is 0 Å². The van der Waals surface area contributed by atoms with Crippen molar-refractivity contribution >= 4 is 38.8 Å². The third-order valence-electron chi connectivity index (χ3n) is 5.29. The molecular formula is C24H22N4O2S. The molecule has 0 saturated carbocycles. The molecule has 4 aromatic rings. The largest absolute Gasteiger partial charge is 0.378 e. The van der Waals surface area contributed by atoms with Crippen LogP contribution in [0.25, 0.3) is 20.8 Å². The standard InChI is InChI=1S/C24H22N4O2S/c1-16-2-7-20-22(14-16)31-24(27-20)17-3-5-18(6-4-17)26-23(29)21-15-19(8-9-25-21)28-10-12-30-13-11-28/h2-9,14-15H,10-13H2,1H3,(H,26,29). The van der Waals surface area contributed by atoms with Gasteiger partial charge in [0.15, 0.2) is 0 Å². The summed E-state index contributed by atoms with van der Waals surface area (Å²) in [6.45, 7) is 5.12. The number of carbonyl (C=O) groups is 1. The highest BCUT2D eigenvalue weighted by atomic mass is 32.1. The lowest BCUT2D eigenvalue weighted by atomic mass is 10.2. The van der Waals surface area contributed by atoms with Crippen molar-refractivity contribution in [2.24, 2.45) is 0 Å². The van der Waals surface area contributed by atoms with Crippen molar-refractivity contribution in [2.75, 3.05) is 36.5 Å². The average molecular weight is 431 g/mol. The molecule has 0 spiro atoms. The zero-order valence-electron chi connectivity index (χ0n) is 17.2. The quantitative estimate of drug-likeness (QED) is 0.506. The molecule has 1 N–H and O–H groups in total. The second-order valence-corrected chi connectivity index (χ2v) is 8.55. The number of aryl methyl sites for hydroxylation is 1. The maximum absolute atomic E-state index is 12.7. The first kappa shape index (κ1) is 19.7. The van der Waals surface area contributed by atoms with Crippen molar-refractivity contribution in [1.82, 2.24) is 9.97 Å². The fraction of sp³-hybridized carbons (Fsp3) is 0.208. The van der Waals surface area contributed by atoms with Crippen LogP contribution in [0.1, 0.15) is 16.1 Å². The minimum Gasteiger partial charge on any atom is -0.378 e. The van der Waals surface area contributed by atoms with Gasteiger partial charge in [0.25, 0.3) is 5.91 Å². The van der Waals surface area contributed by atoms with E-state index >= 15 is 0 Å². The number of ether oxygens (including phenoxy) is 1. The van der Waals surface area contributed by atoms with Crippen LogP contribution in [0, 0.1) is 6.92 Å². The topological polar surface area (TPSA) is 67.4 Å². The van der Waals surface area contributed by atoms with Gasteiger partial charge >= 0.3 is 0 Å². The number of rotatable bonds is 4. The van der Waals surface area contributed by atoms with Crippen LogP contribution in [0.5, 0.6) is 0 Å². The van der Waals surface area contributed by atoms with E-state index < -0.39 is 0 Å². The summed E-state index contributed by atoms with van der Waals surface area (Å²) in [7, 11) is 0. The van der Waals surface area contributed by atoms with Crippen molar-refractivity contribution < 1.29 is 9.53 Å². The number of anilines is 2. The van der Waals surface area contributed by atoms with E-state index in [1.54, 1.807) is 17.5 Å². The van der Waals surface area contributed by atoms with Crippen LogP contribution in [-0.4, -0.2) is 42.2 Å². The van der Waals surface area contributed by atoms with Crippen LogP contribution in [0.3, 0.4) is 0 Å². The number of nitrogens with zero attached hydrogens (tertiary/aromatic N) is 3. The maximum Gasteiger partial charge on any atom is 0.274 e. The first-order chi connectivity index (χ1) is 15.2. The van der Waals surface area contributed by atoms with Gasteiger partial charge in [-0.15, -0.1) is 11.3 Å². The van der Waals surface area contributed by atoms with Gasteiger partial charge in [0, 0.05) is 36.2 Å². The summed E-state index contributed by atoms with van der Waals surface area (Å²) < 4.78 is 6.58. The molecular weight excluding hydrogens is 408 g/mol. The number of aromatic nitrogens is 2. The lowest BCUT2D eigenvalue weighted by molar-refractivity contribution is 0.102. The Kier molecular flexibility index (Phi) is 5.36. The molecule has 0 unspecified atom stereocenters. The molecule has 5 rings (SSSR count). The number of morpholine rings is 1. The van der Waals surface area contributed by atoms with E-state index in [-0.39, 0.29) is 5.91 Å². The van der Waals surface area contributed by atoms with E-state index in [1.165, 1.54) is 10.3 Å². The van der Waals surface area contributed by atoms with Crippen molar-refractivity contribution in [3.05, 3.63) is 72.1 Å². The summed E-state index contributed by atoms with van der Waals surface area (Å²) in [6.07, 6.45) is 1.68. The second kappa shape index (κ2) is 8.45. The molecule has 0 aliphatic carbocycles. The summed E-state index contributed by atoms with van der Waals surface area (Å²) in [4.78, 5) is 23.9. The van der Waals surface area contributed by atoms with Crippen molar-refractivity contribution in [2.45, 2.75) is 6.92 Å². The Balaban J connectivity index is 1.30. The van der Waals surface area contributed by atoms with Crippen LogP contribution in [-0.2, 0) is 4.74 Å². The van der Waals surface area contributed by atoms with Crippen LogP contribution < -0.4 is 10.2 Å². The number of nitrogens with one attached hydrogen (secondary N) is 1. The third kappa shape index (κ3) is 4.28. The summed E-state index contributed by atoms with van der Waals surface area (Å²) >= 11 is 1.67. The summed E-state index contributed by atoms with van der Waals surface area (Å²) in [5.41, 5.74) is 5.38. The Morgan fingerprint density at radius 1 is 1.06 bits per heavy atom. The number of carbonyl (C=O) groups excluding carboxylic acids is 1. The summed E-state index contributed by atoms with van der Waals surface area (Å²) in [5.74, 6) is -0.224. The number of hydrogen-bond donors (Lipinski definition) is 1. The van der Waals surface area contributed by atoms with Gasteiger partial charge in [-0.3, -0.25) is 9.78 Å². The predicted molar refractivity (Wildman–Crippen MR) is 125 cm³/mol. The number of pyridine rings is 1. The predicted octanol–water partition coefficient (Wildman–Crippen LogP) is 4.76. The summed E-state index contributed by atoms with van der Waals surface area (Å²) in [6, 6.07) is 17.8. The number of thiazole rings is 1. The van der Waals surface area contributed by atoms with Crippen molar-refractivity contribution in [1.29, 1.82) is 0 Å². The lowest BCUT2D eigenvalue weighted by Gasteiger charge is -2.28. The summed E-state index contributed by atoms with van der Waals surface area (Å²) in [5, 5.41) is 3.91. The van der Waals surface area contributed by atoms with Gasteiger partial charge in [0.2, 0.25) is 0 Å². The van der Waals surface area contributed by atoms with Crippen LogP contribution in [0.4, 0.5) is 11.4 Å². The van der Waals surface area contributed by atoms with E-state index in [4.69, 9.17) is 9.72 Å². The zero-order valence-corrected chi connectivity index (χ0v) is 18.0. The van der Waals surface area contributed by atoms with Gasteiger partial charge in [-0.05, 0) is 61.0 Å². The first-order valence-corrected chi connectivity index (χ1v) is 11.1. The molecule has 1 saturated heterocycles. The van der Waals surface area contributed by atoms with E-state index in [9.17, 15) is 4.79 Å². The number of hydrogen-bond acceptors (Lipinski definition) is 6. The fourth-order valence-corrected chi connectivity index (χ4v) is 4.68. The highest BCUT2D eigenvalue weighted by molar-refractivity contribution is 7.21. The molecule has 1 aliphatic heterocycles. The normalized spacial score (nSPS) is 14.0. The van der Waals surface area contributed by atoms with Gasteiger partial charge in [-0.25, -0.2) is 4.98 Å². The third-order valence-corrected chi connectivity index (χ3v) is 6.35. The molecule has 1 aliphatic rings. The van der Waals surface area contributed by atoms with Crippen molar-refractivity contribution in [3.8, 4) is 10.6 Å². The monoisotopic (exact) mass is 430 g/mol. The number of amides is 1. The second-order valence-electron chi connectivity index (χ2n) is 7.52. The van der Waals surface area contributed by atoms with E-state index in [2.05, 4.69) is 40.3 Å². The van der Waals surface area contributed by atoms with Crippen LogP contribution in [0.15, 0.2) is 60.8 Å². The number of benzene rings is 2. The highest BCUT2D eigenvalue weighted by Gasteiger charge is 2.15. The molecule has 0 atom stereocenters. The van der Waals surface area contributed by atoms with Gasteiger partial charge < -0.3 is 15.0 Å². The molecule has 2 aromatic carbocycles. The van der Waals surface area contributed by atoms with E-state index in [0.29, 0.717) is 18.9 Å². The number of fused-ring (bicyclic) bond motifs is 1. The van der Waals surface area contributed by atoms with E-state index in [1.807, 2.05) is 36.4 Å². The lowest BCUT2D eigenvalue weighted by Crippen LogP contribution is -2.36. The molecule has 1 fully saturated rings. The smallest absolute Gasteiger partial charge is 0.274 e. The van der Waals surface area contributed by atoms with Gasteiger partial charge in [0.1, 0.15) is 10.7 Å². The average Bonchev–Trinajstić information content (AvgIpc) is 3.23. The van der Waals surface area contributed by atoms with Crippen LogP contribution >= 0.6 is 11.3 Å². The molecule has 31 heavy (non-hydrogen) atoms. The molecule has 3 heterocycles. The highest BCUT2D eigenvalue weighted by Crippen LogP contribution is 2.31. The first-order valence-electron chi connectivity index (χ1n) is 10.2. The Bertz CT molecular complexity index is 1230. The fourth-order valence-electron chi connectivity index (χ4n) is 3.61. The molecule has 156 valence electrons. The van der Waals surface area contributed by atoms with Gasteiger partial charge in [0.05, 0.1) is 23.4 Å². The molecule has 7 heteroatoms. The molecule has 0 bridgehead atoms. The Morgan fingerprint density at radius 3 is 2.68 bits per heavy atom. The molecule has 6 nitrogen and oxygen atoms in total. The Morgan fingerprint density at radius 2 is 1.87 bits per heavy atom. The molecule has 0 radical (unpaired) electrons. The van der Waals surface area contributed by atoms with Gasteiger partial charge in [-0.2, -0.15) is 0 Å². The SMILES string of the molecule is Cc1ccc2nc(-c3ccc(NC(=O)c4cc(N5CCOCC5)ccn4)cc3)sc2c1. The minimum atomic E-state index is -0.224. The zero-order chi connectivity index (χ0) is 21.2. The van der Waals surface area contributed by atoms with Gasteiger partial charge in [-0.1, -0.05) is 6.07 Å². The van der Waals surface area contributed by atoms with E-state index in [0.717, 1.165) is 40.6 Å². The van der Waals surface area contributed by atoms with Crippen molar-refractivity contribution in [3.63, 3.8) is 0 Å².